The number of carbonyl (C=O) groups is 1. The Kier molecular flexibility index (Phi) is 5.81. The number of rotatable bonds is 7. The number of pyridine rings is 1. The smallest absolute Gasteiger partial charge is 0.195 e. The summed E-state index contributed by atoms with van der Waals surface area (Å²) in [7, 11) is -3.46. The van der Waals surface area contributed by atoms with Gasteiger partial charge in [0.25, 0.3) is 0 Å². The molecule has 0 aliphatic rings. The summed E-state index contributed by atoms with van der Waals surface area (Å²) < 4.78 is 24.6. The molecular weight excluding hydrogens is 358 g/mol. The summed E-state index contributed by atoms with van der Waals surface area (Å²) in [6, 6.07) is 20.6. The molecular formula is C22H21NO3S. The van der Waals surface area contributed by atoms with Crippen molar-refractivity contribution in [2.75, 3.05) is 5.75 Å². The van der Waals surface area contributed by atoms with Gasteiger partial charge in [0.1, 0.15) is 0 Å². The van der Waals surface area contributed by atoms with Crippen LogP contribution in [0.1, 0.15) is 28.8 Å². The molecule has 138 valence electrons. The van der Waals surface area contributed by atoms with Crippen LogP contribution in [0.5, 0.6) is 0 Å². The van der Waals surface area contributed by atoms with E-state index in [-0.39, 0.29) is 29.4 Å². The zero-order chi connectivity index (χ0) is 19.3. The van der Waals surface area contributed by atoms with Gasteiger partial charge in [-0.05, 0) is 36.1 Å². The Balaban J connectivity index is 1.58. The molecule has 2 aromatic carbocycles. The minimum absolute atomic E-state index is 0.0540. The Bertz CT molecular complexity index is 1010. The molecule has 0 saturated carbocycles. The van der Waals surface area contributed by atoms with E-state index in [0.717, 1.165) is 16.7 Å². The first kappa shape index (κ1) is 19.0. The van der Waals surface area contributed by atoms with Gasteiger partial charge < -0.3 is 0 Å². The van der Waals surface area contributed by atoms with Crippen LogP contribution in [-0.2, 0) is 9.84 Å². The van der Waals surface area contributed by atoms with Crippen molar-refractivity contribution in [2.45, 2.75) is 24.8 Å². The molecule has 0 atom stereocenters. The third-order valence-corrected chi connectivity index (χ3v) is 6.04. The molecule has 1 heterocycles. The highest BCUT2D eigenvalue weighted by Gasteiger charge is 2.16. The van der Waals surface area contributed by atoms with E-state index in [1.54, 1.807) is 18.2 Å². The van der Waals surface area contributed by atoms with Gasteiger partial charge in [0, 0.05) is 18.2 Å². The van der Waals surface area contributed by atoms with Crippen molar-refractivity contribution in [3.8, 4) is 11.1 Å². The van der Waals surface area contributed by atoms with Crippen molar-refractivity contribution in [1.82, 2.24) is 4.98 Å². The topological polar surface area (TPSA) is 64.1 Å². The molecule has 3 aromatic rings. The largest absolute Gasteiger partial charge is 0.294 e. The van der Waals surface area contributed by atoms with E-state index in [9.17, 15) is 13.2 Å². The number of hydrogen-bond acceptors (Lipinski definition) is 4. The Labute approximate surface area is 159 Å². The SMILES string of the molecule is Cc1ccc(S(=O)(=O)CCCC(=O)c2ccc(-c3ccccc3)cc2)nc1. The van der Waals surface area contributed by atoms with Gasteiger partial charge in [0.2, 0.25) is 0 Å². The van der Waals surface area contributed by atoms with Gasteiger partial charge in [-0.15, -0.1) is 0 Å². The molecule has 0 radical (unpaired) electrons. The number of aromatic nitrogens is 1. The summed E-state index contributed by atoms with van der Waals surface area (Å²) in [4.78, 5) is 16.3. The average molecular weight is 379 g/mol. The maximum atomic E-state index is 12.3. The molecule has 0 fully saturated rings. The normalized spacial score (nSPS) is 11.3. The molecule has 0 amide bonds. The molecule has 0 aliphatic heterocycles. The Morgan fingerprint density at radius 2 is 1.56 bits per heavy atom. The van der Waals surface area contributed by atoms with E-state index in [1.807, 2.05) is 49.4 Å². The van der Waals surface area contributed by atoms with Gasteiger partial charge in [0.15, 0.2) is 20.6 Å². The Morgan fingerprint density at radius 3 is 2.19 bits per heavy atom. The summed E-state index contributed by atoms with van der Waals surface area (Å²) in [6.45, 7) is 1.85. The first-order valence-corrected chi connectivity index (χ1v) is 10.4. The number of benzene rings is 2. The molecule has 27 heavy (non-hydrogen) atoms. The van der Waals surface area contributed by atoms with Crippen LogP contribution < -0.4 is 0 Å². The lowest BCUT2D eigenvalue weighted by Crippen LogP contribution is -2.10. The second kappa shape index (κ2) is 8.27. The average Bonchev–Trinajstić information content (AvgIpc) is 2.69. The van der Waals surface area contributed by atoms with Gasteiger partial charge in [-0.1, -0.05) is 60.7 Å². The first-order chi connectivity index (χ1) is 13.0. The summed E-state index contributed by atoms with van der Waals surface area (Å²) >= 11 is 0. The standard InChI is InChI=1S/C22H21NO3S/c1-17-9-14-22(23-16-17)27(25,26)15-5-8-21(24)20-12-10-19(11-13-20)18-6-3-2-4-7-18/h2-4,6-7,9-14,16H,5,8,15H2,1H3. The second-order valence-electron chi connectivity index (χ2n) is 6.46. The zero-order valence-corrected chi connectivity index (χ0v) is 15.9. The first-order valence-electron chi connectivity index (χ1n) is 8.80. The maximum Gasteiger partial charge on any atom is 0.195 e. The fourth-order valence-corrected chi connectivity index (χ4v) is 4.01. The monoisotopic (exact) mass is 379 g/mol. The quantitative estimate of drug-likeness (QED) is 0.567. The molecule has 5 heteroatoms. The second-order valence-corrected chi connectivity index (χ2v) is 8.52. The highest BCUT2D eigenvalue weighted by molar-refractivity contribution is 7.91. The molecule has 0 aliphatic carbocycles. The molecule has 1 aromatic heterocycles. The van der Waals surface area contributed by atoms with Crippen molar-refractivity contribution >= 4 is 15.6 Å². The minimum Gasteiger partial charge on any atom is -0.294 e. The third kappa shape index (κ3) is 4.89. The van der Waals surface area contributed by atoms with Crippen LogP contribution in [0.2, 0.25) is 0 Å². The van der Waals surface area contributed by atoms with Crippen LogP contribution >= 0.6 is 0 Å². The minimum atomic E-state index is -3.46. The van der Waals surface area contributed by atoms with E-state index >= 15 is 0 Å². The van der Waals surface area contributed by atoms with Crippen LogP contribution in [0.15, 0.2) is 78.0 Å². The van der Waals surface area contributed by atoms with E-state index < -0.39 is 9.84 Å². The predicted molar refractivity (Wildman–Crippen MR) is 106 cm³/mol. The summed E-state index contributed by atoms with van der Waals surface area (Å²) in [5.41, 5.74) is 3.64. The molecule has 0 saturated heterocycles. The van der Waals surface area contributed by atoms with Crippen molar-refractivity contribution in [3.63, 3.8) is 0 Å². The van der Waals surface area contributed by atoms with Crippen molar-refractivity contribution < 1.29 is 13.2 Å². The van der Waals surface area contributed by atoms with E-state index in [2.05, 4.69) is 4.98 Å². The number of carbonyl (C=O) groups excluding carboxylic acids is 1. The number of ketones is 1. The summed E-state index contributed by atoms with van der Waals surface area (Å²) in [5, 5.41) is 0.0627. The highest BCUT2D eigenvalue weighted by Crippen LogP contribution is 2.20. The molecule has 4 nitrogen and oxygen atoms in total. The van der Waals surface area contributed by atoms with E-state index in [4.69, 9.17) is 0 Å². The number of hydrogen-bond donors (Lipinski definition) is 0. The van der Waals surface area contributed by atoms with E-state index in [0.29, 0.717) is 5.56 Å². The fourth-order valence-electron chi connectivity index (χ4n) is 2.79. The van der Waals surface area contributed by atoms with Crippen molar-refractivity contribution in [1.29, 1.82) is 0 Å². The number of nitrogens with zero attached hydrogens (tertiary/aromatic N) is 1. The Morgan fingerprint density at radius 1 is 0.889 bits per heavy atom. The van der Waals surface area contributed by atoms with Crippen LogP contribution in [0.25, 0.3) is 11.1 Å². The van der Waals surface area contributed by atoms with Gasteiger partial charge in [-0.25, -0.2) is 13.4 Å². The highest BCUT2D eigenvalue weighted by atomic mass is 32.2. The van der Waals surface area contributed by atoms with Crippen LogP contribution in [0.3, 0.4) is 0 Å². The van der Waals surface area contributed by atoms with Gasteiger partial charge >= 0.3 is 0 Å². The fraction of sp³-hybridized carbons (Fsp3) is 0.182. The number of aryl methyl sites for hydroxylation is 1. The molecule has 0 bridgehead atoms. The summed E-state index contributed by atoms with van der Waals surface area (Å²) in [5.74, 6) is -0.140. The molecule has 0 spiro atoms. The molecule has 0 unspecified atom stereocenters. The predicted octanol–water partition coefficient (Wildman–Crippen LogP) is 4.49. The van der Waals surface area contributed by atoms with Crippen LogP contribution in [0.4, 0.5) is 0 Å². The molecule has 3 rings (SSSR count). The van der Waals surface area contributed by atoms with Gasteiger partial charge in [-0.3, -0.25) is 4.79 Å². The molecule has 0 N–H and O–H groups in total. The summed E-state index contributed by atoms with van der Waals surface area (Å²) in [6.07, 6.45) is 2.00. The lowest BCUT2D eigenvalue weighted by atomic mass is 10.0. The Hall–Kier alpha value is -2.79. The zero-order valence-electron chi connectivity index (χ0n) is 15.1. The third-order valence-electron chi connectivity index (χ3n) is 4.33. The lowest BCUT2D eigenvalue weighted by Gasteiger charge is -2.06. The lowest BCUT2D eigenvalue weighted by molar-refractivity contribution is 0.0982. The van der Waals surface area contributed by atoms with E-state index in [1.165, 1.54) is 12.3 Å². The van der Waals surface area contributed by atoms with Gasteiger partial charge in [0.05, 0.1) is 5.75 Å². The number of sulfone groups is 1. The van der Waals surface area contributed by atoms with Crippen molar-refractivity contribution in [3.05, 3.63) is 84.1 Å². The van der Waals surface area contributed by atoms with Crippen molar-refractivity contribution in [2.24, 2.45) is 0 Å². The van der Waals surface area contributed by atoms with Gasteiger partial charge in [-0.2, -0.15) is 0 Å². The van der Waals surface area contributed by atoms with Crippen LogP contribution in [0, 0.1) is 6.92 Å². The van der Waals surface area contributed by atoms with Crippen LogP contribution in [-0.4, -0.2) is 24.9 Å². The maximum absolute atomic E-state index is 12.3. The number of Topliss-reactive ketones (excluding diaryl/α,β-unsaturated/α-hetero) is 1.